The van der Waals surface area contributed by atoms with Gasteiger partial charge in [0.2, 0.25) is 0 Å². The van der Waals surface area contributed by atoms with Crippen molar-refractivity contribution in [2.75, 3.05) is 26.2 Å². The Morgan fingerprint density at radius 3 is 2.82 bits per heavy atom. The lowest BCUT2D eigenvalue weighted by Crippen LogP contribution is -2.42. The van der Waals surface area contributed by atoms with Gasteiger partial charge in [0, 0.05) is 18.5 Å². The van der Waals surface area contributed by atoms with Gasteiger partial charge in [-0.3, -0.25) is 4.90 Å². The zero-order valence-corrected chi connectivity index (χ0v) is 12.2. The van der Waals surface area contributed by atoms with Crippen LogP contribution >= 0.6 is 12.2 Å². The number of ether oxygens (including phenoxy) is 1. The van der Waals surface area contributed by atoms with Crippen LogP contribution in [0.25, 0.3) is 0 Å². The first-order valence-electron chi connectivity index (χ1n) is 6.59. The Bertz CT molecular complexity index is 256. The largest absolute Gasteiger partial charge is 0.393 e. The van der Waals surface area contributed by atoms with Gasteiger partial charge >= 0.3 is 0 Å². The molecule has 100 valence electrons. The van der Waals surface area contributed by atoms with Crippen molar-refractivity contribution >= 4 is 17.2 Å². The van der Waals surface area contributed by atoms with E-state index >= 15 is 0 Å². The molecule has 1 atom stereocenters. The Morgan fingerprint density at radius 1 is 1.53 bits per heavy atom. The van der Waals surface area contributed by atoms with E-state index in [-0.39, 0.29) is 5.41 Å². The van der Waals surface area contributed by atoms with Gasteiger partial charge in [0.15, 0.2) is 0 Å². The Kier molecular flexibility index (Phi) is 5.83. The highest BCUT2D eigenvalue weighted by molar-refractivity contribution is 7.80. The first-order chi connectivity index (χ1) is 7.95. The second kappa shape index (κ2) is 6.66. The standard InChI is InChI=1S/C13H26N2OS/c1-4-11-10-15(8-9-16-11)7-5-6-13(2,3)12(14)17/h11H,4-10H2,1-3H3,(H2,14,17). The van der Waals surface area contributed by atoms with Crippen molar-refractivity contribution in [2.45, 2.75) is 46.1 Å². The average molecular weight is 258 g/mol. The van der Waals surface area contributed by atoms with Crippen LogP contribution in [0.2, 0.25) is 0 Å². The minimum Gasteiger partial charge on any atom is -0.393 e. The van der Waals surface area contributed by atoms with Crippen LogP contribution in [0.15, 0.2) is 0 Å². The Hall–Kier alpha value is -0.190. The van der Waals surface area contributed by atoms with E-state index in [1.165, 1.54) is 0 Å². The molecule has 2 N–H and O–H groups in total. The van der Waals surface area contributed by atoms with Gasteiger partial charge in [-0.25, -0.2) is 0 Å². The first-order valence-corrected chi connectivity index (χ1v) is 7.00. The number of hydrogen-bond donors (Lipinski definition) is 1. The van der Waals surface area contributed by atoms with E-state index in [4.69, 9.17) is 22.7 Å². The number of rotatable bonds is 6. The van der Waals surface area contributed by atoms with E-state index in [1.807, 2.05) is 0 Å². The summed E-state index contributed by atoms with van der Waals surface area (Å²) in [5.74, 6) is 0. The normalized spacial score (nSPS) is 22.6. The maximum atomic E-state index is 5.73. The van der Waals surface area contributed by atoms with Crippen molar-refractivity contribution in [3.05, 3.63) is 0 Å². The fourth-order valence-corrected chi connectivity index (χ4v) is 2.20. The highest BCUT2D eigenvalue weighted by Crippen LogP contribution is 2.23. The van der Waals surface area contributed by atoms with E-state index in [9.17, 15) is 0 Å². The van der Waals surface area contributed by atoms with E-state index in [0.29, 0.717) is 11.1 Å². The van der Waals surface area contributed by atoms with E-state index < -0.39 is 0 Å². The molecule has 1 aliphatic rings. The SMILES string of the molecule is CCC1CN(CCCC(C)(C)C(N)=S)CCO1. The molecule has 0 radical (unpaired) electrons. The van der Waals surface area contributed by atoms with Gasteiger partial charge in [0.1, 0.15) is 0 Å². The molecule has 1 saturated heterocycles. The topological polar surface area (TPSA) is 38.5 Å². The second-order valence-electron chi connectivity index (χ2n) is 5.55. The molecule has 0 spiro atoms. The van der Waals surface area contributed by atoms with Gasteiger partial charge in [-0.1, -0.05) is 33.0 Å². The highest BCUT2D eigenvalue weighted by Gasteiger charge is 2.22. The minimum absolute atomic E-state index is 0.00816. The molecule has 0 aromatic heterocycles. The Morgan fingerprint density at radius 2 is 2.24 bits per heavy atom. The summed E-state index contributed by atoms with van der Waals surface area (Å²) in [7, 11) is 0. The Labute approximate surface area is 111 Å². The van der Waals surface area contributed by atoms with Crippen molar-refractivity contribution < 1.29 is 4.74 Å². The third-order valence-electron chi connectivity index (χ3n) is 3.62. The molecule has 0 aromatic rings. The molecule has 17 heavy (non-hydrogen) atoms. The molecule has 1 aliphatic heterocycles. The van der Waals surface area contributed by atoms with E-state index in [1.54, 1.807) is 0 Å². The van der Waals surface area contributed by atoms with Crippen LogP contribution in [-0.2, 0) is 4.74 Å². The number of nitrogens with zero attached hydrogens (tertiary/aromatic N) is 1. The Balaban J connectivity index is 2.24. The molecule has 1 heterocycles. The third-order valence-corrected chi connectivity index (χ3v) is 4.17. The van der Waals surface area contributed by atoms with Crippen LogP contribution in [0, 0.1) is 5.41 Å². The van der Waals surface area contributed by atoms with Gasteiger partial charge in [0.05, 0.1) is 17.7 Å². The predicted molar refractivity (Wildman–Crippen MR) is 76.3 cm³/mol. The molecule has 0 aliphatic carbocycles. The number of nitrogens with two attached hydrogens (primary N) is 1. The lowest BCUT2D eigenvalue weighted by molar-refractivity contribution is -0.0302. The minimum atomic E-state index is -0.00816. The first kappa shape index (κ1) is 14.9. The van der Waals surface area contributed by atoms with Crippen molar-refractivity contribution in [2.24, 2.45) is 11.1 Å². The molecule has 0 bridgehead atoms. The molecule has 0 amide bonds. The summed E-state index contributed by atoms with van der Waals surface area (Å²) in [6.07, 6.45) is 3.75. The summed E-state index contributed by atoms with van der Waals surface area (Å²) in [5, 5.41) is 0. The van der Waals surface area contributed by atoms with Crippen LogP contribution < -0.4 is 5.73 Å². The lowest BCUT2D eigenvalue weighted by Gasteiger charge is -2.33. The zero-order chi connectivity index (χ0) is 12.9. The van der Waals surface area contributed by atoms with Crippen LogP contribution in [0.5, 0.6) is 0 Å². The lowest BCUT2D eigenvalue weighted by atomic mass is 9.88. The summed E-state index contributed by atoms with van der Waals surface area (Å²) in [6, 6.07) is 0. The zero-order valence-electron chi connectivity index (χ0n) is 11.4. The molecule has 1 fully saturated rings. The summed E-state index contributed by atoms with van der Waals surface area (Å²) >= 11 is 5.08. The molecular weight excluding hydrogens is 232 g/mol. The summed E-state index contributed by atoms with van der Waals surface area (Å²) in [6.45, 7) is 10.6. The molecule has 3 nitrogen and oxygen atoms in total. The fraction of sp³-hybridized carbons (Fsp3) is 0.923. The molecule has 0 saturated carbocycles. The molecule has 0 aromatic carbocycles. The maximum Gasteiger partial charge on any atom is 0.0784 e. The number of hydrogen-bond acceptors (Lipinski definition) is 3. The molecule has 1 unspecified atom stereocenters. The van der Waals surface area contributed by atoms with Crippen LogP contribution in [0.1, 0.15) is 40.0 Å². The monoisotopic (exact) mass is 258 g/mol. The second-order valence-corrected chi connectivity index (χ2v) is 5.99. The van der Waals surface area contributed by atoms with Crippen LogP contribution in [0.4, 0.5) is 0 Å². The molecule has 1 rings (SSSR count). The van der Waals surface area contributed by atoms with Crippen LogP contribution in [-0.4, -0.2) is 42.2 Å². The third kappa shape index (κ3) is 4.90. The van der Waals surface area contributed by atoms with E-state index in [0.717, 1.165) is 45.5 Å². The summed E-state index contributed by atoms with van der Waals surface area (Å²) in [4.78, 5) is 3.12. The van der Waals surface area contributed by atoms with Crippen molar-refractivity contribution in [1.82, 2.24) is 4.90 Å². The van der Waals surface area contributed by atoms with Crippen molar-refractivity contribution in [3.8, 4) is 0 Å². The van der Waals surface area contributed by atoms with Crippen molar-refractivity contribution in [3.63, 3.8) is 0 Å². The summed E-state index contributed by atoms with van der Waals surface area (Å²) in [5.41, 5.74) is 5.72. The summed E-state index contributed by atoms with van der Waals surface area (Å²) < 4.78 is 5.66. The van der Waals surface area contributed by atoms with Crippen molar-refractivity contribution in [1.29, 1.82) is 0 Å². The van der Waals surface area contributed by atoms with Gasteiger partial charge in [-0.15, -0.1) is 0 Å². The quantitative estimate of drug-likeness (QED) is 0.741. The highest BCUT2D eigenvalue weighted by atomic mass is 32.1. The van der Waals surface area contributed by atoms with Gasteiger partial charge < -0.3 is 10.5 Å². The molecule has 4 heteroatoms. The fourth-order valence-electron chi connectivity index (χ4n) is 2.10. The predicted octanol–water partition coefficient (Wildman–Crippen LogP) is 2.19. The van der Waals surface area contributed by atoms with Gasteiger partial charge in [0.25, 0.3) is 0 Å². The van der Waals surface area contributed by atoms with E-state index in [2.05, 4.69) is 25.7 Å². The smallest absolute Gasteiger partial charge is 0.0784 e. The number of morpholine rings is 1. The molecular formula is C13H26N2OS. The van der Waals surface area contributed by atoms with Crippen LogP contribution in [0.3, 0.4) is 0 Å². The maximum absolute atomic E-state index is 5.73. The average Bonchev–Trinajstić information content (AvgIpc) is 2.29. The number of thiocarbonyl (C=S) groups is 1. The van der Waals surface area contributed by atoms with Gasteiger partial charge in [-0.2, -0.15) is 0 Å². The van der Waals surface area contributed by atoms with Gasteiger partial charge in [-0.05, 0) is 25.8 Å².